The summed E-state index contributed by atoms with van der Waals surface area (Å²) in [4.78, 5) is 83.1. The van der Waals surface area contributed by atoms with Gasteiger partial charge in [-0.15, -0.1) is 11.3 Å². The molecule has 596 valence electrons. The molecule has 37 heteroatoms. The number of morpholine rings is 1. The fraction of sp³-hybridized carbons (Fsp3) is 0.309. The number of rotatable bonds is 20. The SMILES string of the molecule is O=C(Cn1cc(-c2cnc(NC3Cc4ccccc4C3)nc2)c(N2CCOCC2)n1)N1CCc2n[nH]nc2C1.O=C(Cn1cc(-c2cnc(NC3Cc4ccccc4C3)nc2)c(Nc2ccncc2)n1)N1CCc2n[nH]nc2C1.O=C(Cn1cc(-c2cnc(NC3Cc4ccccc4C3)nc2)c(Nc2nccs2)n1)N1CCc2n[nH]nc2C1. The highest BCUT2D eigenvalue weighted by Gasteiger charge is 2.32. The molecule has 21 rings (SSSR count). The lowest BCUT2D eigenvalue weighted by Crippen LogP contribution is -2.38. The number of carbonyl (C=O) groups is 3. The third-order valence-corrected chi connectivity index (χ3v) is 22.8. The Morgan fingerprint density at radius 1 is 0.415 bits per heavy atom. The maximum Gasteiger partial charge on any atom is 0.244 e. The van der Waals surface area contributed by atoms with Crippen LogP contribution in [0.4, 0.5) is 46.1 Å². The second-order valence-corrected chi connectivity index (χ2v) is 30.8. The number of carbonyl (C=O) groups excluding carboxylic acids is 3. The standard InChI is InChI=1S/C28H27N11O.C27H30N10O2.C26H25N11OS/c40-26(38-10-7-24-25(16-38)35-37-34-24)17-39-15-23(27(36-39)32-21-5-8-29-9-6-21)20-13-30-28(31-14-20)33-22-11-18-3-1-2-4-19(18)12-22;38-25(36-6-5-23-24(16-36)32-34-31-23)17-37-15-22(26(33-37)35-7-9-39-10-8-35)20-13-28-27(29-14-20)30-21-11-18-3-1-2-4-19(18)12-21;38-23(36-7-5-21-22(14-36)33-35-32-21)15-37-13-20(24(34-37)31-26-27-6-8-39-26)18-11-28-25(29-12-18)30-19-9-16-3-1-2-4-17(16)10-19/h1-6,8-9,13-15,22H,7,10-12,16-17H2,(H,29,32,36)(H,30,31,33)(H,34,35,37);1-4,13-15,21H,5-12,16-17H2,(H,28,29,30)(H,31,32,34);1-4,6,8,11-13,19H,5,7,9-10,14-15H2,(H,27,31,34)(H,28,29,30)(H,32,33,35). The Bertz CT molecular complexity index is 5780. The van der Waals surface area contributed by atoms with Crippen LogP contribution in [-0.2, 0) is 116 Å². The minimum Gasteiger partial charge on any atom is -0.378 e. The van der Waals surface area contributed by atoms with E-state index in [0.717, 1.165) is 131 Å². The van der Waals surface area contributed by atoms with Crippen molar-refractivity contribution in [3.05, 3.63) is 232 Å². The van der Waals surface area contributed by atoms with Crippen LogP contribution in [-0.4, -0.2) is 212 Å². The molecule has 3 aliphatic carbocycles. The van der Waals surface area contributed by atoms with Crippen molar-refractivity contribution in [2.24, 2.45) is 0 Å². The number of amides is 3. The van der Waals surface area contributed by atoms with Gasteiger partial charge in [0.05, 0.1) is 49.9 Å². The quantitative estimate of drug-likeness (QED) is 0.0379. The second kappa shape index (κ2) is 33.4. The number of pyridine rings is 1. The Morgan fingerprint density at radius 2 is 0.780 bits per heavy atom. The van der Waals surface area contributed by atoms with Gasteiger partial charge >= 0.3 is 0 Å². The van der Waals surface area contributed by atoms with E-state index in [1.165, 1.54) is 44.7 Å². The fourth-order valence-electron chi connectivity index (χ4n) is 16.1. The highest BCUT2D eigenvalue weighted by molar-refractivity contribution is 7.13. The minimum atomic E-state index is -0.0356. The van der Waals surface area contributed by atoms with E-state index in [4.69, 9.17) is 14.9 Å². The summed E-state index contributed by atoms with van der Waals surface area (Å²) in [5.74, 6) is 3.73. The van der Waals surface area contributed by atoms with Crippen molar-refractivity contribution in [2.75, 3.05) is 77.4 Å². The highest BCUT2D eigenvalue weighted by Crippen LogP contribution is 2.36. The number of nitrogens with zero attached hydrogens (tertiary/aromatic N) is 24. The van der Waals surface area contributed by atoms with E-state index in [1.807, 2.05) is 53.4 Å². The molecule has 36 nitrogen and oxygen atoms in total. The first-order valence-corrected chi connectivity index (χ1v) is 40.3. The number of thiazole rings is 1. The molecular weight excluding hydrogens is 1520 g/mol. The number of nitrogens with one attached hydrogen (secondary N) is 8. The van der Waals surface area contributed by atoms with Crippen molar-refractivity contribution >= 4 is 75.2 Å². The molecular formula is C81H82N32O4S. The summed E-state index contributed by atoms with van der Waals surface area (Å²) in [6, 6.07) is 30.1. The molecule has 7 aliphatic rings. The Labute approximate surface area is 679 Å². The van der Waals surface area contributed by atoms with Gasteiger partial charge in [-0.2, -0.15) is 61.5 Å². The van der Waals surface area contributed by atoms with E-state index in [0.29, 0.717) is 106 Å². The highest BCUT2D eigenvalue weighted by atomic mass is 32.1. The van der Waals surface area contributed by atoms with E-state index in [-0.39, 0.29) is 55.5 Å². The zero-order valence-electron chi connectivity index (χ0n) is 64.2. The van der Waals surface area contributed by atoms with Gasteiger partial charge < -0.3 is 50.9 Å². The largest absolute Gasteiger partial charge is 0.378 e. The number of H-pyrrole nitrogens is 3. The van der Waals surface area contributed by atoms with Gasteiger partial charge in [-0.3, -0.25) is 33.4 Å². The number of fused-ring (bicyclic) bond motifs is 6. The third kappa shape index (κ3) is 16.7. The summed E-state index contributed by atoms with van der Waals surface area (Å²) in [6.07, 6.45) is 29.4. The molecule has 0 saturated carbocycles. The molecule has 0 spiro atoms. The zero-order valence-corrected chi connectivity index (χ0v) is 65.0. The molecule has 0 bridgehead atoms. The first-order valence-electron chi connectivity index (χ1n) is 39.4. The van der Waals surface area contributed by atoms with Gasteiger partial charge in [-0.05, 0) is 84.0 Å². The lowest BCUT2D eigenvalue weighted by molar-refractivity contribution is -0.133. The number of anilines is 8. The van der Waals surface area contributed by atoms with Gasteiger partial charge in [-0.1, -0.05) is 72.8 Å². The van der Waals surface area contributed by atoms with Crippen molar-refractivity contribution in [1.29, 1.82) is 0 Å². The monoisotopic (exact) mass is 1600 g/mol. The number of aromatic amines is 3. The smallest absolute Gasteiger partial charge is 0.244 e. The molecule has 15 heterocycles. The summed E-state index contributed by atoms with van der Waals surface area (Å²) in [6.45, 7) is 6.27. The van der Waals surface area contributed by atoms with Crippen LogP contribution in [0.25, 0.3) is 33.4 Å². The summed E-state index contributed by atoms with van der Waals surface area (Å²) in [5, 5.41) is 66.8. The zero-order chi connectivity index (χ0) is 79.3. The maximum atomic E-state index is 13.2. The Balaban J connectivity index is 0.000000118. The molecule has 4 aliphatic heterocycles. The van der Waals surface area contributed by atoms with Crippen LogP contribution in [0, 0.1) is 0 Å². The van der Waals surface area contributed by atoms with Crippen molar-refractivity contribution in [1.82, 2.24) is 130 Å². The molecule has 11 aromatic heterocycles. The average molecular weight is 1600 g/mol. The summed E-state index contributed by atoms with van der Waals surface area (Å²) in [7, 11) is 0. The first-order chi connectivity index (χ1) is 58.0. The number of ether oxygens (including phenoxy) is 1. The van der Waals surface area contributed by atoms with E-state index in [1.54, 1.807) is 67.2 Å². The predicted octanol–water partition coefficient (Wildman–Crippen LogP) is 7.04. The summed E-state index contributed by atoms with van der Waals surface area (Å²) in [5.41, 5.74) is 19.3. The summed E-state index contributed by atoms with van der Waals surface area (Å²) < 4.78 is 10.6. The number of hydrogen-bond donors (Lipinski definition) is 8. The third-order valence-electron chi connectivity index (χ3n) is 22.2. The van der Waals surface area contributed by atoms with Gasteiger partial charge in [0.2, 0.25) is 35.6 Å². The van der Waals surface area contributed by atoms with Crippen LogP contribution in [0.5, 0.6) is 0 Å². The number of aromatic nitrogens is 23. The average Bonchev–Trinajstić information content (AvgIpc) is 1.64. The lowest BCUT2D eigenvalue weighted by Gasteiger charge is -2.27. The van der Waals surface area contributed by atoms with Crippen molar-refractivity contribution in [2.45, 2.75) is 115 Å². The molecule has 0 atom stereocenters. The van der Waals surface area contributed by atoms with Crippen molar-refractivity contribution < 1.29 is 19.1 Å². The van der Waals surface area contributed by atoms with Crippen LogP contribution >= 0.6 is 11.3 Å². The van der Waals surface area contributed by atoms with E-state index in [2.05, 4.69) is 195 Å². The van der Waals surface area contributed by atoms with Crippen LogP contribution in [0.1, 0.15) is 67.5 Å². The predicted molar refractivity (Wildman–Crippen MR) is 436 cm³/mol. The van der Waals surface area contributed by atoms with E-state index >= 15 is 0 Å². The van der Waals surface area contributed by atoms with Crippen molar-refractivity contribution in [3.8, 4) is 33.4 Å². The normalized spacial score (nSPS) is 15.5. The Hall–Kier alpha value is -14.1. The lowest BCUT2D eigenvalue weighted by atomic mass is 10.1. The van der Waals surface area contributed by atoms with Gasteiger partial charge in [0.25, 0.3) is 0 Å². The van der Waals surface area contributed by atoms with Gasteiger partial charge in [-0.25, -0.2) is 34.9 Å². The van der Waals surface area contributed by atoms with Gasteiger partial charge in [0.15, 0.2) is 22.6 Å². The van der Waals surface area contributed by atoms with E-state index in [9.17, 15) is 14.4 Å². The number of hydrogen-bond acceptors (Lipinski definition) is 28. The molecule has 0 unspecified atom stereocenters. The molecule has 3 amide bonds. The van der Waals surface area contributed by atoms with Crippen LogP contribution in [0.2, 0.25) is 0 Å². The molecule has 0 radical (unpaired) electrons. The molecule has 1 saturated heterocycles. The molecule has 118 heavy (non-hydrogen) atoms. The fourth-order valence-corrected chi connectivity index (χ4v) is 16.6. The minimum absolute atomic E-state index is 0.000384. The van der Waals surface area contributed by atoms with Crippen LogP contribution in [0.3, 0.4) is 0 Å². The molecule has 3 aromatic carbocycles. The van der Waals surface area contributed by atoms with Crippen molar-refractivity contribution in [3.63, 3.8) is 0 Å². The molecule has 8 N–H and O–H groups in total. The van der Waals surface area contributed by atoms with Crippen LogP contribution in [0.15, 0.2) is 165 Å². The van der Waals surface area contributed by atoms with Crippen LogP contribution < -0.4 is 31.5 Å². The molecule has 1 fully saturated rings. The first kappa shape index (κ1) is 74.0. The van der Waals surface area contributed by atoms with Gasteiger partial charge in [0.1, 0.15) is 36.7 Å². The summed E-state index contributed by atoms with van der Waals surface area (Å²) >= 11 is 1.47. The maximum absolute atomic E-state index is 13.2. The second-order valence-electron chi connectivity index (χ2n) is 30.0. The molecule has 14 aromatic rings. The Kier molecular flexibility index (Phi) is 20.9. The van der Waals surface area contributed by atoms with E-state index < -0.39 is 0 Å². The number of benzene rings is 3. The van der Waals surface area contributed by atoms with Gasteiger partial charge in [0, 0.05) is 189 Å². The Morgan fingerprint density at radius 3 is 1.17 bits per heavy atom. The topological polar surface area (TPSA) is 415 Å².